The van der Waals surface area contributed by atoms with Gasteiger partial charge < -0.3 is 5.73 Å². The van der Waals surface area contributed by atoms with Crippen LogP contribution in [-0.2, 0) is 9.84 Å². The summed E-state index contributed by atoms with van der Waals surface area (Å²) in [6.45, 7) is 0. The summed E-state index contributed by atoms with van der Waals surface area (Å²) in [5, 5.41) is 4.26. The van der Waals surface area contributed by atoms with E-state index in [9.17, 15) is 8.42 Å². The van der Waals surface area contributed by atoms with Gasteiger partial charge in [-0.05, 0) is 24.4 Å². The summed E-state index contributed by atoms with van der Waals surface area (Å²) < 4.78 is 23.0. The van der Waals surface area contributed by atoms with E-state index >= 15 is 0 Å². The summed E-state index contributed by atoms with van der Waals surface area (Å²) in [5.41, 5.74) is 10.2. The van der Waals surface area contributed by atoms with Crippen molar-refractivity contribution in [3.63, 3.8) is 0 Å². The first-order valence-electron chi connectivity index (χ1n) is 6.37. The van der Waals surface area contributed by atoms with Gasteiger partial charge in [0.1, 0.15) is 0 Å². The Hall–Kier alpha value is -2.25. The first-order chi connectivity index (χ1) is 10.4. The molecule has 0 atom stereocenters. The normalized spacial score (nSPS) is 12.0. The molecule has 22 heavy (non-hydrogen) atoms. The third kappa shape index (κ3) is 4.12. The molecular formula is C15H15N3O2S2. The smallest absolute Gasteiger partial charge is 0.184 e. The number of sulfone groups is 1. The van der Waals surface area contributed by atoms with Gasteiger partial charge in [-0.25, -0.2) is 8.42 Å². The van der Waals surface area contributed by atoms with Crippen LogP contribution < -0.4 is 11.2 Å². The summed E-state index contributed by atoms with van der Waals surface area (Å²) in [5.74, 6) is 0. The highest BCUT2D eigenvalue weighted by Crippen LogP contribution is 2.14. The zero-order valence-electron chi connectivity index (χ0n) is 11.9. The van der Waals surface area contributed by atoms with Gasteiger partial charge in [-0.15, -0.1) is 0 Å². The van der Waals surface area contributed by atoms with E-state index in [4.69, 9.17) is 18.0 Å². The van der Waals surface area contributed by atoms with Crippen LogP contribution in [0.4, 0.5) is 0 Å². The fraction of sp³-hybridized carbons (Fsp3) is 0.0667. The molecule has 0 amide bonds. The molecule has 5 nitrogen and oxygen atoms in total. The Morgan fingerprint density at radius 3 is 2.09 bits per heavy atom. The van der Waals surface area contributed by atoms with Crippen molar-refractivity contribution in [3.05, 3.63) is 65.7 Å². The number of hydrogen-bond acceptors (Lipinski definition) is 4. The molecule has 7 heteroatoms. The van der Waals surface area contributed by atoms with Gasteiger partial charge in [-0.2, -0.15) is 5.10 Å². The lowest BCUT2D eigenvalue weighted by Crippen LogP contribution is -2.26. The van der Waals surface area contributed by atoms with E-state index in [1.165, 1.54) is 6.26 Å². The zero-order chi connectivity index (χ0) is 16.2. The van der Waals surface area contributed by atoms with Gasteiger partial charge in [0.05, 0.1) is 10.6 Å². The fourth-order valence-electron chi connectivity index (χ4n) is 1.86. The van der Waals surface area contributed by atoms with Crippen molar-refractivity contribution in [1.29, 1.82) is 0 Å². The van der Waals surface area contributed by atoms with Crippen molar-refractivity contribution in [2.45, 2.75) is 4.90 Å². The van der Waals surface area contributed by atoms with Crippen molar-refractivity contribution >= 4 is 32.9 Å². The van der Waals surface area contributed by atoms with Gasteiger partial charge >= 0.3 is 0 Å². The largest absolute Gasteiger partial charge is 0.375 e. The molecule has 2 rings (SSSR count). The van der Waals surface area contributed by atoms with Crippen LogP contribution in [-0.4, -0.2) is 25.5 Å². The first-order valence-corrected chi connectivity index (χ1v) is 8.67. The molecule has 2 aromatic carbocycles. The molecule has 0 aromatic heterocycles. The highest BCUT2D eigenvalue weighted by atomic mass is 32.2. The molecule has 0 bridgehead atoms. The number of hydrogen-bond donors (Lipinski definition) is 2. The van der Waals surface area contributed by atoms with Crippen LogP contribution in [0.5, 0.6) is 0 Å². The van der Waals surface area contributed by atoms with Crippen molar-refractivity contribution in [2.24, 2.45) is 10.8 Å². The van der Waals surface area contributed by atoms with Crippen molar-refractivity contribution in [3.8, 4) is 0 Å². The molecule has 0 aliphatic rings. The monoisotopic (exact) mass is 333 g/mol. The lowest BCUT2D eigenvalue weighted by Gasteiger charge is -2.08. The third-order valence-electron chi connectivity index (χ3n) is 2.88. The minimum absolute atomic E-state index is 0.0567. The number of benzene rings is 2. The summed E-state index contributed by atoms with van der Waals surface area (Å²) in [6.07, 6.45) is 1.17. The van der Waals surface area contributed by atoms with Crippen LogP contribution >= 0.6 is 12.2 Å². The number of rotatable bonds is 4. The van der Waals surface area contributed by atoms with E-state index in [1.54, 1.807) is 24.3 Å². The average Bonchev–Trinajstić information content (AvgIpc) is 2.48. The Labute approximate surface area is 134 Å². The van der Waals surface area contributed by atoms with Crippen LogP contribution in [0.15, 0.2) is 64.6 Å². The predicted molar refractivity (Wildman–Crippen MR) is 91.6 cm³/mol. The van der Waals surface area contributed by atoms with Crippen molar-refractivity contribution in [2.75, 3.05) is 6.26 Å². The number of nitrogens with zero attached hydrogens (tertiary/aromatic N) is 1. The Morgan fingerprint density at radius 2 is 1.59 bits per heavy atom. The van der Waals surface area contributed by atoms with Crippen LogP contribution in [0, 0.1) is 0 Å². The molecule has 0 unspecified atom stereocenters. The molecule has 0 saturated carbocycles. The van der Waals surface area contributed by atoms with Crippen molar-refractivity contribution in [1.82, 2.24) is 5.43 Å². The second-order valence-electron chi connectivity index (χ2n) is 4.60. The van der Waals surface area contributed by atoms with E-state index in [-0.39, 0.29) is 10.0 Å². The minimum Gasteiger partial charge on any atom is -0.375 e. The van der Waals surface area contributed by atoms with Gasteiger partial charge in [-0.3, -0.25) is 5.43 Å². The van der Waals surface area contributed by atoms with Gasteiger partial charge in [0.15, 0.2) is 14.9 Å². The van der Waals surface area contributed by atoms with Gasteiger partial charge in [0.25, 0.3) is 0 Å². The molecule has 114 valence electrons. The fourth-order valence-corrected chi connectivity index (χ4v) is 2.54. The summed E-state index contributed by atoms with van der Waals surface area (Å²) in [4.78, 5) is 0.256. The average molecular weight is 333 g/mol. The second-order valence-corrected chi connectivity index (χ2v) is 7.05. The van der Waals surface area contributed by atoms with Crippen LogP contribution in [0.25, 0.3) is 0 Å². The third-order valence-corrected chi connectivity index (χ3v) is 4.10. The Bertz CT molecular complexity index is 798. The SMILES string of the molecule is CS(=O)(=O)c1ccc(/C(=N\NC(N)=S)c2ccccc2)cc1. The maximum absolute atomic E-state index is 11.5. The molecule has 0 spiro atoms. The van der Waals surface area contributed by atoms with Crippen LogP contribution in [0.1, 0.15) is 11.1 Å². The van der Waals surface area contributed by atoms with Crippen LogP contribution in [0.2, 0.25) is 0 Å². The maximum atomic E-state index is 11.5. The number of nitrogens with one attached hydrogen (secondary N) is 1. The Morgan fingerprint density at radius 1 is 1.05 bits per heavy atom. The predicted octanol–water partition coefficient (Wildman–Crippen LogP) is 1.68. The van der Waals surface area contributed by atoms with E-state index < -0.39 is 9.84 Å². The van der Waals surface area contributed by atoms with Gasteiger partial charge in [-0.1, -0.05) is 42.5 Å². The molecule has 0 heterocycles. The van der Waals surface area contributed by atoms with Crippen LogP contribution in [0.3, 0.4) is 0 Å². The molecular weight excluding hydrogens is 318 g/mol. The number of thiocarbonyl (C=S) groups is 1. The Kier molecular flexibility index (Phi) is 4.89. The quantitative estimate of drug-likeness (QED) is 0.505. The summed E-state index contributed by atoms with van der Waals surface area (Å²) in [7, 11) is -3.23. The lowest BCUT2D eigenvalue weighted by atomic mass is 10.0. The molecule has 0 radical (unpaired) electrons. The highest BCUT2D eigenvalue weighted by Gasteiger charge is 2.10. The summed E-state index contributed by atoms with van der Waals surface area (Å²) >= 11 is 4.76. The van der Waals surface area contributed by atoms with E-state index in [0.29, 0.717) is 5.71 Å². The number of hydrazone groups is 1. The van der Waals surface area contributed by atoms with E-state index in [0.717, 1.165) is 11.1 Å². The molecule has 3 N–H and O–H groups in total. The van der Waals surface area contributed by atoms with Crippen molar-refractivity contribution < 1.29 is 8.42 Å². The summed E-state index contributed by atoms with van der Waals surface area (Å²) in [6, 6.07) is 15.9. The lowest BCUT2D eigenvalue weighted by molar-refractivity contribution is 0.602. The zero-order valence-corrected chi connectivity index (χ0v) is 13.5. The van der Waals surface area contributed by atoms with E-state index in [2.05, 4.69) is 10.5 Å². The van der Waals surface area contributed by atoms with Gasteiger partial charge in [0, 0.05) is 17.4 Å². The molecule has 0 saturated heterocycles. The number of nitrogens with two attached hydrogens (primary N) is 1. The molecule has 2 aromatic rings. The minimum atomic E-state index is -3.23. The molecule has 0 aliphatic carbocycles. The van der Waals surface area contributed by atoms with E-state index in [1.807, 2.05) is 30.3 Å². The topological polar surface area (TPSA) is 84.5 Å². The first kappa shape index (κ1) is 16.1. The molecule has 0 fully saturated rings. The maximum Gasteiger partial charge on any atom is 0.184 e. The highest BCUT2D eigenvalue weighted by molar-refractivity contribution is 7.90. The Balaban J connectivity index is 2.46. The second kappa shape index (κ2) is 6.67. The standard InChI is InChI=1S/C15H15N3O2S2/c1-22(19,20)13-9-7-12(8-10-13)14(17-18-15(16)21)11-5-3-2-4-6-11/h2-10H,1H3,(H3,16,18,21)/b17-14-. The molecule has 0 aliphatic heterocycles. The van der Waals surface area contributed by atoms with Gasteiger partial charge in [0.2, 0.25) is 0 Å².